The molecule has 0 bridgehead atoms. The molecular weight excluding hydrogens is 391 g/mol. The first-order valence-corrected chi connectivity index (χ1v) is 8.09. The van der Waals surface area contributed by atoms with Crippen LogP contribution in [0.4, 0.5) is 0 Å². The molecule has 0 unspecified atom stereocenters. The van der Waals surface area contributed by atoms with Gasteiger partial charge in [-0.1, -0.05) is 49.5 Å². The Balaban J connectivity index is 2.44. The molecule has 0 radical (unpaired) electrons. The van der Waals surface area contributed by atoms with Gasteiger partial charge in [0, 0.05) is 20.4 Å². The lowest BCUT2D eigenvalue weighted by Crippen LogP contribution is -1.94. The van der Waals surface area contributed by atoms with E-state index in [0.29, 0.717) is 0 Å². The molecule has 2 rings (SSSR count). The summed E-state index contributed by atoms with van der Waals surface area (Å²) in [6.07, 6.45) is 0. The van der Waals surface area contributed by atoms with Crippen LogP contribution in [0, 0.1) is 13.8 Å². The van der Waals surface area contributed by atoms with E-state index in [1.165, 1.54) is 0 Å². The van der Waals surface area contributed by atoms with Gasteiger partial charge in [0.15, 0.2) is 0 Å². The molecule has 4 heteroatoms. The van der Waals surface area contributed by atoms with Crippen LogP contribution in [-0.4, -0.2) is 0 Å². The number of rotatable bonds is 3. The fraction of sp³-hybridized carbons (Fsp3) is 0.200. The van der Waals surface area contributed by atoms with Crippen molar-refractivity contribution in [1.82, 2.24) is 0 Å². The average molecular weight is 405 g/mol. The summed E-state index contributed by atoms with van der Waals surface area (Å²) in [5.41, 5.74) is 3.17. The maximum Gasteiger partial charge on any atom is 0.133 e. The summed E-state index contributed by atoms with van der Waals surface area (Å²) in [7, 11) is 0. The van der Waals surface area contributed by atoms with Crippen molar-refractivity contribution in [2.24, 2.45) is 0 Å². The Hall–Kier alpha value is -0.510. The number of alkyl halides is 1. The summed E-state index contributed by atoms with van der Waals surface area (Å²) in [4.78, 5) is 0. The predicted octanol–water partition coefficient (Wildman–Crippen LogP) is 6.41. The van der Waals surface area contributed by atoms with Gasteiger partial charge >= 0.3 is 0 Å². The van der Waals surface area contributed by atoms with Crippen LogP contribution in [0.1, 0.15) is 16.7 Å². The van der Waals surface area contributed by atoms with Crippen molar-refractivity contribution in [3.63, 3.8) is 0 Å². The first-order valence-electron chi connectivity index (χ1n) is 5.80. The maximum atomic E-state index is 6.08. The number of ether oxygens (including phenoxy) is 1. The third-order valence-electron chi connectivity index (χ3n) is 2.81. The molecule has 2 aromatic carbocycles. The summed E-state index contributed by atoms with van der Waals surface area (Å²) >= 11 is 13.0. The van der Waals surface area contributed by atoms with Crippen LogP contribution in [0.25, 0.3) is 0 Å². The lowest BCUT2D eigenvalue weighted by molar-refractivity contribution is 0.471. The summed E-state index contributed by atoms with van der Waals surface area (Å²) in [6.45, 7) is 4.00. The standard InChI is InChI=1S/C15H13Br2ClO/c1-9-5-13(18)6-10(2)15(9)19-14-7-12(17)4-3-11(14)8-16/h3-7H,8H2,1-2H3. The Bertz CT molecular complexity index is 588. The Labute approximate surface area is 135 Å². The van der Waals surface area contributed by atoms with Crippen molar-refractivity contribution < 1.29 is 4.74 Å². The number of benzene rings is 2. The Morgan fingerprint density at radius 2 is 1.74 bits per heavy atom. The molecular formula is C15H13Br2ClO. The second-order valence-corrected chi connectivity index (χ2v) is 6.27. The second kappa shape index (κ2) is 6.29. The number of halogens is 3. The van der Waals surface area contributed by atoms with Gasteiger partial charge in [0.1, 0.15) is 11.5 Å². The van der Waals surface area contributed by atoms with Crippen molar-refractivity contribution in [3.8, 4) is 11.5 Å². The molecule has 1 nitrogen and oxygen atoms in total. The minimum absolute atomic E-state index is 0.734. The number of hydrogen-bond donors (Lipinski definition) is 0. The maximum absolute atomic E-state index is 6.08. The van der Waals surface area contributed by atoms with E-state index in [1.54, 1.807) is 0 Å². The minimum Gasteiger partial charge on any atom is -0.456 e. The van der Waals surface area contributed by atoms with E-state index in [-0.39, 0.29) is 0 Å². The van der Waals surface area contributed by atoms with Crippen LogP contribution >= 0.6 is 43.5 Å². The van der Waals surface area contributed by atoms with Crippen LogP contribution in [0.5, 0.6) is 11.5 Å². The highest BCUT2D eigenvalue weighted by molar-refractivity contribution is 9.10. The third-order valence-corrected chi connectivity index (χ3v) is 4.13. The quantitative estimate of drug-likeness (QED) is 0.537. The summed E-state index contributed by atoms with van der Waals surface area (Å²) in [5, 5.41) is 1.48. The molecule has 0 aliphatic rings. The molecule has 0 heterocycles. The molecule has 0 aliphatic carbocycles. The molecule has 0 saturated carbocycles. The van der Waals surface area contributed by atoms with Crippen molar-refractivity contribution in [2.75, 3.05) is 0 Å². The normalized spacial score (nSPS) is 10.6. The Kier molecular flexibility index (Phi) is 4.93. The van der Waals surface area contributed by atoms with Crippen LogP contribution in [-0.2, 0) is 5.33 Å². The van der Waals surface area contributed by atoms with Crippen LogP contribution in [0.2, 0.25) is 5.02 Å². The molecule has 0 aromatic heterocycles. The zero-order chi connectivity index (χ0) is 14.0. The van der Waals surface area contributed by atoms with Crippen molar-refractivity contribution in [1.29, 1.82) is 0 Å². The van der Waals surface area contributed by atoms with E-state index in [4.69, 9.17) is 16.3 Å². The molecule has 0 atom stereocenters. The van der Waals surface area contributed by atoms with Crippen LogP contribution in [0.15, 0.2) is 34.8 Å². The molecule has 100 valence electrons. The second-order valence-electron chi connectivity index (χ2n) is 4.36. The number of hydrogen-bond acceptors (Lipinski definition) is 1. The highest BCUT2D eigenvalue weighted by Gasteiger charge is 2.10. The molecule has 19 heavy (non-hydrogen) atoms. The summed E-state index contributed by atoms with van der Waals surface area (Å²) < 4.78 is 7.08. The fourth-order valence-electron chi connectivity index (χ4n) is 1.90. The van der Waals surface area contributed by atoms with Crippen molar-refractivity contribution in [2.45, 2.75) is 19.2 Å². The van der Waals surface area contributed by atoms with Gasteiger partial charge in [-0.3, -0.25) is 0 Å². The lowest BCUT2D eigenvalue weighted by atomic mass is 10.1. The van der Waals surface area contributed by atoms with Gasteiger partial charge in [-0.15, -0.1) is 0 Å². The Morgan fingerprint density at radius 1 is 1.11 bits per heavy atom. The van der Waals surface area contributed by atoms with Gasteiger partial charge in [0.05, 0.1) is 0 Å². The van der Waals surface area contributed by atoms with Gasteiger partial charge < -0.3 is 4.74 Å². The molecule has 0 spiro atoms. The highest BCUT2D eigenvalue weighted by Crippen LogP contribution is 2.35. The SMILES string of the molecule is Cc1cc(Cl)cc(C)c1Oc1cc(Br)ccc1CBr. The van der Waals surface area contributed by atoms with Gasteiger partial charge in [0.25, 0.3) is 0 Å². The molecule has 0 amide bonds. The highest BCUT2D eigenvalue weighted by atomic mass is 79.9. The zero-order valence-corrected chi connectivity index (χ0v) is 14.6. The van der Waals surface area contributed by atoms with Gasteiger partial charge in [0.2, 0.25) is 0 Å². The summed E-state index contributed by atoms with van der Waals surface area (Å²) in [5.74, 6) is 1.71. The summed E-state index contributed by atoms with van der Waals surface area (Å²) in [6, 6.07) is 9.84. The van der Waals surface area contributed by atoms with E-state index in [1.807, 2.05) is 44.2 Å². The van der Waals surface area contributed by atoms with E-state index in [0.717, 1.165) is 43.0 Å². The smallest absolute Gasteiger partial charge is 0.133 e. The van der Waals surface area contributed by atoms with Crippen molar-refractivity contribution >= 4 is 43.5 Å². The first kappa shape index (κ1) is 14.9. The average Bonchev–Trinajstić information content (AvgIpc) is 2.34. The largest absolute Gasteiger partial charge is 0.456 e. The van der Waals surface area contributed by atoms with E-state index in [9.17, 15) is 0 Å². The fourth-order valence-corrected chi connectivity index (χ4v) is 3.03. The molecule has 0 saturated heterocycles. The van der Waals surface area contributed by atoms with E-state index >= 15 is 0 Å². The number of aryl methyl sites for hydroxylation is 2. The van der Waals surface area contributed by atoms with E-state index < -0.39 is 0 Å². The van der Waals surface area contributed by atoms with Crippen LogP contribution < -0.4 is 4.74 Å². The molecule has 0 aliphatic heterocycles. The zero-order valence-electron chi connectivity index (χ0n) is 10.6. The van der Waals surface area contributed by atoms with Gasteiger partial charge in [-0.05, 0) is 49.2 Å². The van der Waals surface area contributed by atoms with Crippen LogP contribution in [0.3, 0.4) is 0 Å². The Morgan fingerprint density at radius 3 is 2.32 bits per heavy atom. The van der Waals surface area contributed by atoms with Crippen molar-refractivity contribution in [3.05, 3.63) is 56.5 Å². The van der Waals surface area contributed by atoms with Gasteiger partial charge in [-0.2, -0.15) is 0 Å². The topological polar surface area (TPSA) is 9.23 Å². The monoisotopic (exact) mass is 402 g/mol. The lowest BCUT2D eigenvalue weighted by Gasteiger charge is -2.15. The third kappa shape index (κ3) is 3.53. The molecule has 0 fully saturated rings. The van der Waals surface area contributed by atoms with E-state index in [2.05, 4.69) is 31.9 Å². The molecule has 2 aromatic rings. The predicted molar refractivity (Wildman–Crippen MR) is 87.8 cm³/mol. The van der Waals surface area contributed by atoms with Gasteiger partial charge in [-0.25, -0.2) is 0 Å². The molecule has 0 N–H and O–H groups in total. The first-order chi connectivity index (χ1) is 9.01. The minimum atomic E-state index is 0.734.